The number of rotatable bonds is 6. The first kappa shape index (κ1) is 21.5. The van der Waals surface area contributed by atoms with Gasteiger partial charge in [-0.05, 0) is 54.9 Å². The Hall–Kier alpha value is -2.78. The first-order chi connectivity index (χ1) is 15.0. The number of hydrogen-bond acceptors (Lipinski definition) is 6. The van der Waals surface area contributed by atoms with Crippen LogP contribution < -0.4 is 11.2 Å². The minimum absolute atomic E-state index is 0.0656. The molecule has 9 heteroatoms. The number of halogens is 1. The van der Waals surface area contributed by atoms with E-state index in [4.69, 9.17) is 4.74 Å². The van der Waals surface area contributed by atoms with Gasteiger partial charge >= 0.3 is 11.7 Å². The highest BCUT2D eigenvalue weighted by atomic mass is 32.1. The number of likely N-dealkylation sites (tertiary alicyclic amines) is 1. The van der Waals surface area contributed by atoms with Crippen molar-refractivity contribution < 1.29 is 13.9 Å². The molecule has 1 unspecified atom stereocenters. The first-order valence-electron chi connectivity index (χ1n) is 10.3. The van der Waals surface area contributed by atoms with E-state index in [1.165, 1.54) is 28.0 Å². The lowest BCUT2D eigenvalue weighted by Gasteiger charge is -2.37. The van der Waals surface area contributed by atoms with Crippen LogP contribution in [0.2, 0.25) is 0 Å². The number of piperidine rings is 1. The molecule has 0 spiro atoms. The largest absolute Gasteiger partial charge is 0.466 e. The van der Waals surface area contributed by atoms with Gasteiger partial charge in [0.15, 0.2) is 0 Å². The predicted octanol–water partition coefficient (Wildman–Crippen LogP) is 2.56. The molecule has 1 aromatic carbocycles. The first-order valence-corrected chi connectivity index (χ1v) is 11.2. The molecular formula is C22H24FN3O4S. The molecular weight excluding hydrogens is 421 g/mol. The molecule has 7 nitrogen and oxygen atoms in total. The third-order valence-corrected chi connectivity index (χ3v) is 6.66. The van der Waals surface area contributed by atoms with Crippen LogP contribution in [0.25, 0.3) is 10.2 Å². The smallest absolute Gasteiger partial charge is 0.329 e. The second-order valence-corrected chi connectivity index (χ2v) is 8.57. The van der Waals surface area contributed by atoms with Crippen LogP contribution in [0.5, 0.6) is 0 Å². The number of benzene rings is 1. The van der Waals surface area contributed by atoms with Crippen molar-refractivity contribution in [2.45, 2.75) is 25.8 Å². The summed E-state index contributed by atoms with van der Waals surface area (Å²) in [7, 11) is 0. The molecule has 1 saturated heterocycles. The molecule has 2 atom stereocenters. The van der Waals surface area contributed by atoms with Gasteiger partial charge in [0.05, 0.1) is 17.9 Å². The standard InChI is InChI=1S/C22H24FN3O4S/c1-2-30-21(28)18-13-25(9-7-16(18)14-3-5-15(23)6-4-14)10-11-26-20(27)17-8-12-31-19(17)24-22(26)29/h3-6,8,12,16,18H,2,7,9-11,13H2,1H3,(H,24,29)/t16?,18-/m1/s1. The predicted molar refractivity (Wildman–Crippen MR) is 117 cm³/mol. The molecule has 1 aliphatic rings. The second-order valence-electron chi connectivity index (χ2n) is 7.66. The molecule has 0 radical (unpaired) electrons. The van der Waals surface area contributed by atoms with Crippen molar-refractivity contribution in [3.8, 4) is 0 Å². The lowest BCUT2D eigenvalue weighted by atomic mass is 9.80. The maximum atomic E-state index is 13.3. The molecule has 0 saturated carbocycles. The van der Waals surface area contributed by atoms with Gasteiger partial charge in [-0.1, -0.05) is 12.1 Å². The van der Waals surface area contributed by atoms with Crippen molar-refractivity contribution >= 4 is 27.5 Å². The average molecular weight is 446 g/mol. The number of H-pyrrole nitrogens is 1. The topological polar surface area (TPSA) is 84.4 Å². The van der Waals surface area contributed by atoms with E-state index < -0.39 is 11.6 Å². The molecule has 4 rings (SSSR count). The minimum Gasteiger partial charge on any atom is -0.466 e. The molecule has 3 aromatic rings. The Balaban J connectivity index is 1.51. The number of ether oxygens (including phenoxy) is 1. The zero-order chi connectivity index (χ0) is 22.0. The van der Waals surface area contributed by atoms with E-state index in [0.717, 1.165) is 5.56 Å². The summed E-state index contributed by atoms with van der Waals surface area (Å²) in [6, 6.07) is 7.96. The van der Waals surface area contributed by atoms with E-state index in [9.17, 15) is 18.8 Å². The molecule has 0 bridgehead atoms. The lowest BCUT2D eigenvalue weighted by molar-refractivity contribution is -0.150. The highest BCUT2D eigenvalue weighted by Gasteiger charge is 2.36. The Labute approximate surface area is 182 Å². The lowest BCUT2D eigenvalue weighted by Crippen LogP contribution is -2.46. The number of aromatic nitrogens is 2. The number of esters is 1. The summed E-state index contributed by atoms with van der Waals surface area (Å²) in [4.78, 5) is 43.0. The number of hydrogen-bond donors (Lipinski definition) is 1. The van der Waals surface area contributed by atoms with Crippen LogP contribution in [0.4, 0.5) is 4.39 Å². The monoisotopic (exact) mass is 445 g/mol. The Morgan fingerprint density at radius 3 is 2.74 bits per heavy atom. The summed E-state index contributed by atoms with van der Waals surface area (Å²) < 4.78 is 19.8. The van der Waals surface area contributed by atoms with Gasteiger partial charge in [-0.15, -0.1) is 11.3 Å². The summed E-state index contributed by atoms with van der Waals surface area (Å²) in [5.41, 5.74) is 0.181. The summed E-state index contributed by atoms with van der Waals surface area (Å²) >= 11 is 1.32. The Morgan fingerprint density at radius 1 is 1.23 bits per heavy atom. The summed E-state index contributed by atoms with van der Waals surface area (Å²) in [6.07, 6.45) is 0.698. The van der Waals surface area contributed by atoms with Gasteiger partial charge in [0.1, 0.15) is 10.6 Å². The highest BCUT2D eigenvalue weighted by molar-refractivity contribution is 7.16. The van der Waals surface area contributed by atoms with E-state index >= 15 is 0 Å². The van der Waals surface area contributed by atoms with Crippen molar-refractivity contribution in [1.29, 1.82) is 0 Å². The van der Waals surface area contributed by atoms with Gasteiger partial charge in [0, 0.05) is 19.6 Å². The van der Waals surface area contributed by atoms with E-state index in [1.807, 2.05) is 0 Å². The van der Waals surface area contributed by atoms with Crippen LogP contribution in [-0.4, -0.2) is 46.7 Å². The third-order valence-electron chi connectivity index (χ3n) is 5.83. The van der Waals surface area contributed by atoms with E-state index in [1.54, 1.807) is 30.5 Å². The summed E-state index contributed by atoms with van der Waals surface area (Å²) in [5, 5.41) is 2.28. The van der Waals surface area contributed by atoms with Gasteiger partial charge in [-0.3, -0.25) is 19.1 Å². The van der Waals surface area contributed by atoms with Gasteiger partial charge in [0.25, 0.3) is 5.56 Å². The van der Waals surface area contributed by atoms with Crippen molar-refractivity contribution in [3.05, 3.63) is 67.9 Å². The molecule has 1 fully saturated rings. The second kappa shape index (κ2) is 9.15. The van der Waals surface area contributed by atoms with Gasteiger partial charge < -0.3 is 9.64 Å². The fourth-order valence-corrected chi connectivity index (χ4v) is 5.01. The van der Waals surface area contributed by atoms with Gasteiger partial charge in [-0.25, -0.2) is 9.18 Å². The van der Waals surface area contributed by atoms with E-state index in [2.05, 4.69) is 9.88 Å². The summed E-state index contributed by atoms with van der Waals surface area (Å²) in [5.74, 6) is -1.05. The number of thiophene rings is 1. The zero-order valence-corrected chi connectivity index (χ0v) is 18.0. The SMILES string of the molecule is CCOC(=O)[C@@H]1CN(CCn2c(=O)[nH]c3sccc3c2=O)CCC1c1ccc(F)cc1. The number of fused-ring (bicyclic) bond motifs is 1. The van der Waals surface area contributed by atoms with Crippen molar-refractivity contribution in [2.24, 2.45) is 5.92 Å². The van der Waals surface area contributed by atoms with Crippen LogP contribution in [0, 0.1) is 11.7 Å². The molecule has 3 heterocycles. The van der Waals surface area contributed by atoms with Crippen molar-refractivity contribution in [2.75, 3.05) is 26.2 Å². The molecule has 164 valence electrons. The van der Waals surface area contributed by atoms with Crippen molar-refractivity contribution in [3.63, 3.8) is 0 Å². The number of aromatic amines is 1. The molecule has 1 aliphatic heterocycles. The molecule has 0 amide bonds. The van der Waals surface area contributed by atoms with Crippen molar-refractivity contribution in [1.82, 2.24) is 14.5 Å². The van der Waals surface area contributed by atoms with Crippen LogP contribution in [0.3, 0.4) is 0 Å². The summed E-state index contributed by atoms with van der Waals surface area (Å²) in [6.45, 7) is 3.91. The highest BCUT2D eigenvalue weighted by Crippen LogP contribution is 2.34. The average Bonchev–Trinajstić information content (AvgIpc) is 3.23. The molecule has 0 aliphatic carbocycles. The van der Waals surface area contributed by atoms with Gasteiger partial charge in [-0.2, -0.15) is 0 Å². The normalized spacial score (nSPS) is 19.5. The molecule has 1 N–H and O–H groups in total. The number of nitrogens with zero attached hydrogens (tertiary/aromatic N) is 2. The fourth-order valence-electron chi connectivity index (χ4n) is 4.24. The molecule has 2 aromatic heterocycles. The number of carbonyl (C=O) groups excluding carboxylic acids is 1. The van der Waals surface area contributed by atoms with Crippen LogP contribution >= 0.6 is 11.3 Å². The fraction of sp³-hybridized carbons (Fsp3) is 0.409. The maximum Gasteiger partial charge on any atom is 0.329 e. The third kappa shape index (κ3) is 4.47. The molecule has 31 heavy (non-hydrogen) atoms. The van der Waals surface area contributed by atoms with E-state index in [0.29, 0.717) is 36.3 Å². The van der Waals surface area contributed by atoms with Crippen LogP contribution in [-0.2, 0) is 16.1 Å². The Bertz CT molecular complexity index is 1180. The van der Waals surface area contributed by atoms with Gasteiger partial charge in [0.2, 0.25) is 0 Å². The van der Waals surface area contributed by atoms with Crippen LogP contribution in [0.15, 0.2) is 45.3 Å². The van der Waals surface area contributed by atoms with E-state index in [-0.39, 0.29) is 36.4 Å². The number of nitrogens with one attached hydrogen (secondary N) is 1. The minimum atomic E-state index is -0.428. The quantitative estimate of drug-likeness (QED) is 0.590. The van der Waals surface area contributed by atoms with Crippen LogP contribution in [0.1, 0.15) is 24.8 Å². The zero-order valence-electron chi connectivity index (χ0n) is 17.2. The maximum absolute atomic E-state index is 13.3. The number of carbonyl (C=O) groups is 1. The Morgan fingerprint density at radius 2 is 2.00 bits per heavy atom. The Kier molecular flexibility index (Phi) is 6.33.